The van der Waals surface area contributed by atoms with Gasteiger partial charge >= 0.3 is 5.97 Å². The van der Waals surface area contributed by atoms with Crippen molar-refractivity contribution in [3.63, 3.8) is 0 Å². The van der Waals surface area contributed by atoms with E-state index in [4.69, 9.17) is 5.11 Å². The fraction of sp³-hybridized carbons (Fsp3) is 0.188. The van der Waals surface area contributed by atoms with Gasteiger partial charge in [0.05, 0.1) is 11.1 Å². The molecule has 0 saturated heterocycles. The Labute approximate surface area is 126 Å². The highest BCUT2D eigenvalue weighted by atomic mass is 32.2. The van der Waals surface area contributed by atoms with Crippen molar-refractivity contribution in [3.8, 4) is 6.07 Å². The molecule has 5 heteroatoms. The zero-order chi connectivity index (χ0) is 14.8. The van der Waals surface area contributed by atoms with Crippen molar-refractivity contribution >= 4 is 17.7 Å². The fourth-order valence-electron chi connectivity index (χ4n) is 2.42. The van der Waals surface area contributed by atoms with E-state index in [0.717, 1.165) is 35.4 Å². The van der Waals surface area contributed by atoms with Gasteiger partial charge in [-0.2, -0.15) is 5.26 Å². The number of carbonyl (C=O) groups is 1. The van der Waals surface area contributed by atoms with Crippen molar-refractivity contribution in [2.45, 2.75) is 29.2 Å². The van der Waals surface area contributed by atoms with E-state index in [1.165, 1.54) is 11.8 Å². The van der Waals surface area contributed by atoms with Crippen molar-refractivity contribution in [2.24, 2.45) is 0 Å². The number of nitriles is 1. The van der Waals surface area contributed by atoms with Crippen molar-refractivity contribution in [1.29, 1.82) is 5.26 Å². The molecule has 0 amide bonds. The van der Waals surface area contributed by atoms with Gasteiger partial charge in [-0.15, -0.1) is 0 Å². The van der Waals surface area contributed by atoms with Crippen LogP contribution < -0.4 is 0 Å². The Morgan fingerprint density at radius 3 is 2.95 bits per heavy atom. The van der Waals surface area contributed by atoms with E-state index in [2.05, 4.69) is 11.1 Å². The molecule has 2 aromatic rings. The molecule has 1 aliphatic rings. The summed E-state index contributed by atoms with van der Waals surface area (Å²) in [5.74, 6) is -0.958. The molecule has 0 spiro atoms. The van der Waals surface area contributed by atoms with E-state index < -0.39 is 5.97 Å². The molecular weight excluding hydrogens is 284 g/mol. The number of aromatic nitrogens is 1. The van der Waals surface area contributed by atoms with Gasteiger partial charge in [0, 0.05) is 10.6 Å². The summed E-state index contributed by atoms with van der Waals surface area (Å²) < 4.78 is 0. The van der Waals surface area contributed by atoms with Gasteiger partial charge in [-0.25, -0.2) is 9.78 Å². The number of aromatic carboxylic acids is 1. The van der Waals surface area contributed by atoms with Crippen LogP contribution in [0.15, 0.2) is 40.3 Å². The molecule has 0 bridgehead atoms. The second-order valence-electron chi connectivity index (χ2n) is 4.85. The lowest BCUT2D eigenvalue weighted by molar-refractivity contribution is 0.0696. The number of hydrogen-bond donors (Lipinski definition) is 1. The van der Waals surface area contributed by atoms with Crippen LogP contribution in [0.2, 0.25) is 0 Å². The summed E-state index contributed by atoms with van der Waals surface area (Å²) in [6.45, 7) is 0. The summed E-state index contributed by atoms with van der Waals surface area (Å²) in [7, 11) is 0. The second-order valence-corrected chi connectivity index (χ2v) is 5.91. The molecule has 0 radical (unpaired) electrons. The number of aryl methyl sites for hydroxylation is 2. The number of fused-ring (bicyclic) bond motifs is 1. The Hall–Kier alpha value is -2.32. The zero-order valence-corrected chi connectivity index (χ0v) is 12.0. The van der Waals surface area contributed by atoms with Crippen molar-refractivity contribution in [3.05, 3.63) is 52.7 Å². The molecule has 21 heavy (non-hydrogen) atoms. The number of carboxylic acids is 1. The highest BCUT2D eigenvalue weighted by molar-refractivity contribution is 7.99. The average molecular weight is 296 g/mol. The summed E-state index contributed by atoms with van der Waals surface area (Å²) >= 11 is 1.34. The molecule has 0 aliphatic heterocycles. The molecule has 1 aromatic carbocycles. The van der Waals surface area contributed by atoms with Crippen LogP contribution in [0.25, 0.3) is 0 Å². The zero-order valence-electron chi connectivity index (χ0n) is 11.2. The van der Waals surface area contributed by atoms with Crippen LogP contribution in [0.3, 0.4) is 0 Å². The van der Waals surface area contributed by atoms with Crippen LogP contribution in [-0.4, -0.2) is 16.1 Å². The molecule has 1 aromatic heterocycles. The van der Waals surface area contributed by atoms with E-state index >= 15 is 0 Å². The standard InChI is InChI=1S/C16H12N2O2S/c17-9-12-7-10-3-2-6-14(10)18-15(12)21-13-5-1-4-11(8-13)16(19)20/h1,4-5,7-8H,2-3,6H2,(H,19,20). The van der Waals surface area contributed by atoms with Crippen LogP contribution in [0.4, 0.5) is 0 Å². The van der Waals surface area contributed by atoms with Crippen LogP contribution in [0.5, 0.6) is 0 Å². The quantitative estimate of drug-likeness (QED) is 0.940. The lowest BCUT2D eigenvalue weighted by atomic mass is 10.2. The van der Waals surface area contributed by atoms with Gasteiger partial charge in [0.25, 0.3) is 0 Å². The first kappa shape index (κ1) is 13.7. The Morgan fingerprint density at radius 1 is 1.33 bits per heavy atom. The second kappa shape index (κ2) is 5.58. The Morgan fingerprint density at radius 2 is 2.19 bits per heavy atom. The molecule has 1 heterocycles. The molecule has 0 saturated carbocycles. The minimum Gasteiger partial charge on any atom is -0.478 e. The molecule has 0 fully saturated rings. The van der Waals surface area contributed by atoms with Gasteiger partial charge in [-0.3, -0.25) is 0 Å². The largest absolute Gasteiger partial charge is 0.478 e. The molecule has 0 atom stereocenters. The van der Waals surface area contributed by atoms with E-state index in [1.807, 2.05) is 12.1 Å². The van der Waals surface area contributed by atoms with E-state index in [1.54, 1.807) is 18.2 Å². The maximum atomic E-state index is 11.0. The summed E-state index contributed by atoms with van der Waals surface area (Å²) in [6, 6.07) is 10.8. The van der Waals surface area contributed by atoms with Gasteiger partial charge in [0.1, 0.15) is 11.1 Å². The van der Waals surface area contributed by atoms with Crippen molar-refractivity contribution < 1.29 is 9.90 Å². The molecule has 1 N–H and O–H groups in total. The lowest BCUT2D eigenvalue weighted by Gasteiger charge is -2.07. The van der Waals surface area contributed by atoms with Gasteiger partial charge < -0.3 is 5.11 Å². The summed E-state index contributed by atoms with van der Waals surface area (Å²) in [4.78, 5) is 16.4. The molecular formula is C16H12N2O2S. The summed E-state index contributed by atoms with van der Waals surface area (Å²) in [5, 5.41) is 19.0. The van der Waals surface area contributed by atoms with Gasteiger partial charge in [0.15, 0.2) is 0 Å². The number of carboxylic acid groups (broad SMARTS) is 1. The predicted molar refractivity (Wildman–Crippen MR) is 78.5 cm³/mol. The van der Waals surface area contributed by atoms with Crippen molar-refractivity contribution in [1.82, 2.24) is 4.98 Å². The normalized spacial score (nSPS) is 12.7. The average Bonchev–Trinajstić information content (AvgIpc) is 2.93. The van der Waals surface area contributed by atoms with E-state index in [0.29, 0.717) is 10.6 Å². The van der Waals surface area contributed by atoms with Crippen molar-refractivity contribution in [2.75, 3.05) is 0 Å². The third kappa shape index (κ3) is 2.76. The summed E-state index contributed by atoms with van der Waals surface area (Å²) in [6.07, 6.45) is 3.01. The molecule has 1 aliphatic carbocycles. The van der Waals surface area contributed by atoms with E-state index in [9.17, 15) is 10.1 Å². The minimum atomic E-state index is -0.958. The van der Waals surface area contributed by atoms with Gasteiger partial charge in [0.2, 0.25) is 0 Å². The number of benzene rings is 1. The number of hydrogen-bond acceptors (Lipinski definition) is 4. The van der Waals surface area contributed by atoms with Crippen LogP contribution in [0.1, 0.15) is 33.6 Å². The smallest absolute Gasteiger partial charge is 0.335 e. The predicted octanol–water partition coefficient (Wildman–Crippen LogP) is 3.29. The Bertz CT molecular complexity index is 765. The third-order valence-electron chi connectivity index (χ3n) is 3.43. The maximum absolute atomic E-state index is 11.0. The highest BCUT2D eigenvalue weighted by Gasteiger charge is 2.17. The number of pyridine rings is 1. The fourth-order valence-corrected chi connectivity index (χ4v) is 3.34. The molecule has 4 nitrogen and oxygen atoms in total. The monoisotopic (exact) mass is 296 g/mol. The molecule has 104 valence electrons. The first-order valence-corrected chi connectivity index (χ1v) is 7.43. The van der Waals surface area contributed by atoms with Crippen LogP contribution >= 0.6 is 11.8 Å². The topological polar surface area (TPSA) is 74.0 Å². The lowest BCUT2D eigenvalue weighted by Crippen LogP contribution is -1.97. The Kier molecular flexibility index (Phi) is 3.63. The SMILES string of the molecule is N#Cc1cc2c(nc1Sc1cccc(C(=O)O)c1)CCC2. The maximum Gasteiger partial charge on any atom is 0.335 e. The number of nitrogens with zero attached hydrogens (tertiary/aromatic N) is 2. The van der Waals surface area contributed by atoms with Gasteiger partial charge in [-0.05, 0) is 49.1 Å². The van der Waals surface area contributed by atoms with Crippen LogP contribution in [-0.2, 0) is 12.8 Å². The molecule has 0 unspecified atom stereocenters. The molecule has 3 rings (SSSR count). The van der Waals surface area contributed by atoms with E-state index in [-0.39, 0.29) is 5.56 Å². The third-order valence-corrected chi connectivity index (χ3v) is 4.43. The summed E-state index contributed by atoms with van der Waals surface area (Å²) in [5.41, 5.74) is 3.02. The number of rotatable bonds is 3. The highest BCUT2D eigenvalue weighted by Crippen LogP contribution is 2.32. The van der Waals surface area contributed by atoms with Crippen LogP contribution in [0, 0.1) is 11.3 Å². The first-order chi connectivity index (χ1) is 10.2. The first-order valence-electron chi connectivity index (χ1n) is 6.61. The van der Waals surface area contributed by atoms with Gasteiger partial charge in [-0.1, -0.05) is 17.8 Å². The Balaban J connectivity index is 1.96. The minimum absolute atomic E-state index is 0.236.